The molecule has 0 aromatic heterocycles. The van der Waals surface area contributed by atoms with Crippen molar-refractivity contribution in [3.05, 3.63) is 0 Å². The van der Waals surface area contributed by atoms with Crippen LogP contribution in [-0.4, -0.2) is 30.3 Å². The maximum Gasteiger partial charge on any atom is 0.306 e. The smallest absolute Gasteiger partial charge is 0.306 e. The van der Waals surface area contributed by atoms with Gasteiger partial charge in [-0.1, -0.05) is 34.1 Å². The summed E-state index contributed by atoms with van der Waals surface area (Å²) in [6, 6.07) is 0. The Balaban J connectivity index is 4.41. The molecule has 0 radical (unpaired) electrons. The van der Waals surface area contributed by atoms with Crippen LogP contribution in [0.2, 0.25) is 0 Å². The number of nitrogens with two attached hydrogens (primary N) is 1. The first kappa shape index (κ1) is 22.4. The van der Waals surface area contributed by atoms with Crippen molar-refractivity contribution >= 4 is 5.97 Å². The van der Waals surface area contributed by atoms with Crippen molar-refractivity contribution in [2.75, 3.05) is 13.2 Å². The molecular weight excluding hydrogens is 290 g/mol. The number of carbonyl (C=O) groups is 1. The highest BCUT2D eigenvalue weighted by Crippen LogP contribution is 2.38. The highest BCUT2D eigenvalue weighted by atomic mass is 16.6. The van der Waals surface area contributed by atoms with Crippen molar-refractivity contribution in [2.45, 2.75) is 92.3 Å². The van der Waals surface area contributed by atoms with Gasteiger partial charge in [-0.2, -0.15) is 0 Å². The van der Waals surface area contributed by atoms with E-state index in [1.807, 2.05) is 20.8 Å². The van der Waals surface area contributed by atoms with E-state index < -0.39 is 5.60 Å². The summed E-state index contributed by atoms with van der Waals surface area (Å²) in [6.45, 7) is 17.9. The predicted molar refractivity (Wildman–Crippen MR) is 96.3 cm³/mol. The number of hydrogen-bond acceptors (Lipinski definition) is 4. The lowest BCUT2D eigenvalue weighted by molar-refractivity contribution is -0.162. The van der Waals surface area contributed by atoms with Crippen LogP contribution in [0.15, 0.2) is 0 Å². The zero-order chi connectivity index (χ0) is 18.3. The van der Waals surface area contributed by atoms with Crippen molar-refractivity contribution in [1.82, 2.24) is 0 Å². The van der Waals surface area contributed by atoms with Crippen LogP contribution in [0.25, 0.3) is 0 Å². The van der Waals surface area contributed by atoms with Crippen molar-refractivity contribution < 1.29 is 14.3 Å². The zero-order valence-electron chi connectivity index (χ0n) is 16.6. The van der Waals surface area contributed by atoms with E-state index in [0.29, 0.717) is 26.0 Å². The molecule has 138 valence electrons. The molecule has 23 heavy (non-hydrogen) atoms. The van der Waals surface area contributed by atoms with E-state index in [4.69, 9.17) is 15.2 Å². The molecule has 0 heterocycles. The van der Waals surface area contributed by atoms with Crippen molar-refractivity contribution in [2.24, 2.45) is 17.1 Å². The number of rotatable bonds is 11. The van der Waals surface area contributed by atoms with E-state index in [0.717, 1.165) is 12.8 Å². The first-order valence-corrected chi connectivity index (χ1v) is 8.93. The van der Waals surface area contributed by atoms with Gasteiger partial charge in [-0.15, -0.1) is 0 Å². The van der Waals surface area contributed by atoms with Gasteiger partial charge >= 0.3 is 5.97 Å². The van der Waals surface area contributed by atoms with Gasteiger partial charge in [0.05, 0.1) is 12.2 Å². The van der Waals surface area contributed by atoms with E-state index >= 15 is 0 Å². The Morgan fingerprint density at radius 3 is 2.13 bits per heavy atom. The second-order valence-electron chi connectivity index (χ2n) is 8.52. The molecule has 0 fully saturated rings. The second-order valence-corrected chi connectivity index (χ2v) is 8.52. The van der Waals surface area contributed by atoms with Crippen LogP contribution < -0.4 is 5.73 Å². The van der Waals surface area contributed by atoms with Gasteiger partial charge in [0.1, 0.15) is 5.60 Å². The lowest BCUT2D eigenvalue weighted by Gasteiger charge is -2.42. The summed E-state index contributed by atoms with van der Waals surface area (Å²) in [5.41, 5.74) is 4.93. The zero-order valence-corrected chi connectivity index (χ0v) is 16.6. The average molecular weight is 330 g/mol. The first-order chi connectivity index (χ1) is 10.4. The Kier molecular flexibility index (Phi) is 8.79. The molecule has 2 N–H and O–H groups in total. The monoisotopic (exact) mass is 329 g/mol. The number of ether oxygens (including phenoxy) is 2. The summed E-state index contributed by atoms with van der Waals surface area (Å²) in [7, 11) is 0. The minimum Gasteiger partial charge on any atom is -0.460 e. The molecule has 1 atom stereocenters. The minimum absolute atomic E-state index is 0.110. The molecule has 0 aliphatic carbocycles. The molecule has 4 heteroatoms. The third-order valence-corrected chi connectivity index (χ3v) is 4.98. The van der Waals surface area contributed by atoms with Crippen molar-refractivity contribution in [1.29, 1.82) is 0 Å². The predicted octanol–water partition coefficient (Wildman–Crippen LogP) is 4.30. The third kappa shape index (κ3) is 8.16. The van der Waals surface area contributed by atoms with Crippen LogP contribution in [-0.2, 0) is 14.3 Å². The molecular formula is C19H39NO3. The molecule has 0 amide bonds. The maximum atomic E-state index is 11.9. The minimum atomic E-state index is -0.517. The van der Waals surface area contributed by atoms with Gasteiger partial charge in [0.2, 0.25) is 0 Å². The Morgan fingerprint density at radius 1 is 1.09 bits per heavy atom. The van der Waals surface area contributed by atoms with Gasteiger partial charge in [-0.3, -0.25) is 4.79 Å². The molecule has 0 aliphatic rings. The Hall–Kier alpha value is -0.610. The van der Waals surface area contributed by atoms with Crippen LogP contribution in [0, 0.1) is 11.3 Å². The van der Waals surface area contributed by atoms with Crippen LogP contribution in [0.5, 0.6) is 0 Å². The van der Waals surface area contributed by atoms with Crippen LogP contribution in [0.3, 0.4) is 0 Å². The lowest BCUT2D eigenvalue weighted by Crippen LogP contribution is -2.43. The molecule has 0 saturated heterocycles. The Morgan fingerprint density at radius 2 is 1.65 bits per heavy atom. The van der Waals surface area contributed by atoms with Gasteiger partial charge in [0.25, 0.3) is 0 Å². The van der Waals surface area contributed by atoms with E-state index in [2.05, 4.69) is 34.6 Å². The van der Waals surface area contributed by atoms with Gasteiger partial charge in [-0.25, -0.2) is 0 Å². The fourth-order valence-corrected chi connectivity index (χ4v) is 2.44. The summed E-state index contributed by atoms with van der Waals surface area (Å²) < 4.78 is 11.7. The summed E-state index contributed by atoms with van der Waals surface area (Å²) in [4.78, 5) is 11.9. The normalized spacial score (nSPS) is 14.7. The number of carbonyl (C=O) groups excluding carboxylic acids is 1. The molecule has 0 spiro atoms. The Labute approximate surface area is 143 Å². The van der Waals surface area contributed by atoms with Crippen LogP contribution in [0.4, 0.5) is 0 Å². The number of esters is 1. The third-order valence-electron chi connectivity index (χ3n) is 4.98. The molecule has 4 nitrogen and oxygen atoms in total. The van der Waals surface area contributed by atoms with Crippen LogP contribution in [0.1, 0.15) is 81.1 Å². The van der Waals surface area contributed by atoms with Gasteiger partial charge in [0, 0.05) is 12.8 Å². The van der Waals surface area contributed by atoms with Gasteiger partial charge in [0.15, 0.2) is 0 Å². The van der Waals surface area contributed by atoms with E-state index in [9.17, 15) is 4.79 Å². The standard InChI is InChI=1S/C19H39NO3/c1-9-10-17(3,4)19(7,8)22-12-11-18(5,6)23-16(21)13-15(2)14-20/h15H,9-14,20H2,1-8H3. The lowest BCUT2D eigenvalue weighted by atomic mass is 9.74. The summed E-state index contributed by atoms with van der Waals surface area (Å²) in [5, 5.41) is 0. The van der Waals surface area contributed by atoms with E-state index in [-0.39, 0.29) is 22.9 Å². The van der Waals surface area contributed by atoms with Crippen molar-refractivity contribution in [3.8, 4) is 0 Å². The van der Waals surface area contributed by atoms with Crippen molar-refractivity contribution in [3.63, 3.8) is 0 Å². The highest BCUT2D eigenvalue weighted by Gasteiger charge is 2.37. The molecule has 0 saturated carbocycles. The maximum absolute atomic E-state index is 11.9. The molecule has 0 aromatic rings. The van der Waals surface area contributed by atoms with Gasteiger partial charge < -0.3 is 15.2 Å². The molecule has 0 bridgehead atoms. The molecule has 0 aromatic carbocycles. The summed E-state index contributed by atoms with van der Waals surface area (Å²) in [6.07, 6.45) is 3.31. The van der Waals surface area contributed by atoms with Gasteiger partial charge in [-0.05, 0) is 52.0 Å². The highest BCUT2D eigenvalue weighted by molar-refractivity contribution is 5.70. The molecule has 1 unspecified atom stereocenters. The fraction of sp³-hybridized carbons (Fsp3) is 0.947. The fourth-order valence-electron chi connectivity index (χ4n) is 2.44. The molecule has 0 aliphatic heterocycles. The molecule has 0 rings (SSSR count). The van der Waals surface area contributed by atoms with E-state index in [1.165, 1.54) is 0 Å². The summed E-state index contributed by atoms with van der Waals surface area (Å²) >= 11 is 0. The van der Waals surface area contributed by atoms with E-state index in [1.54, 1.807) is 0 Å². The topological polar surface area (TPSA) is 61.5 Å². The summed E-state index contributed by atoms with van der Waals surface area (Å²) in [5.74, 6) is -0.0261. The quantitative estimate of drug-likeness (QED) is 0.574. The SMILES string of the molecule is CCCC(C)(C)C(C)(C)OCCC(C)(C)OC(=O)CC(C)CN. The van der Waals surface area contributed by atoms with Crippen LogP contribution >= 0.6 is 0 Å². The first-order valence-electron chi connectivity index (χ1n) is 8.93. The second kappa shape index (κ2) is 9.03. The largest absolute Gasteiger partial charge is 0.460 e. The average Bonchev–Trinajstić information content (AvgIpc) is 2.36. The Bertz CT molecular complexity index is 362. The number of hydrogen-bond donors (Lipinski definition) is 1.